The molecule has 0 bridgehead atoms. The lowest BCUT2D eigenvalue weighted by molar-refractivity contribution is 0.237. The molecule has 2 amide bonds. The van der Waals surface area contributed by atoms with Gasteiger partial charge in [-0.25, -0.2) is 4.79 Å². The van der Waals surface area contributed by atoms with Crippen LogP contribution in [0.15, 0.2) is 54.6 Å². The van der Waals surface area contributed by atoms with E-state index in [4.69, 9.17) is 14.2 Å². The number of methoxy groups -OCH3 is 3. The van der Waals surface area contributed by atoms with E-state index in [1.54, 1.807) is 21.3 Å². The summed E-state index contributed by atoms with van der Waals surface area (Å²) < 4.78 is 16.0. The Morgan fingerprint density at radius 1 is 0.897 bits per heavy atom. The second-order valence-corrected chi connectivity index (χ2v) is 6.69. The summed E-state index contributed by atoms with van der Waals surface area (Å²) in [5.41, 5.74) is 1.89. The molecule has 6 nitrogen and oxygen atoms in total. The van der Waals surface area contributed by atoms with Gasteiger partial charge in [0.25, 0.3) is 0 Å². The molecule has 0 fully saturated rings. The number of carbonyl (C=O) groups excluding carboxylic acids is 1. The van der Waals surface area contributed by atoms with E-state index in [2.05, 4.69) is 34.9 Å². The van der Waals surface area contributed by atoms with Gasteiger partial charge in [-0.3, -0.25) is 0 Å². The molecular formula is C23H26N2O4. The first-order valence-corrected chi connectivity index (χ1v) is 9.37. The van der Waals surface area contributed by atoms with Crippen LogP contribution in [0.2, 0.25) is 0 Å². The second kappa shape index (κ2) is 9.19. The largest absolute Gasteiger partial charge is 0.493 e. The Labute approximate surface area is 170 Å². The average Bonchev–Trinajstić information content (AvgIpc) is 2.76. The van der Waals surface area contributed by atoms with Crippen molar-refractivity contribution in [3.05, 3.63) is 65.7 Å². The number of benzene rings is 3. The van der Waals surface area contributed by atoms with Crippen LogP contribution in [0.25, 0.3) is 10.8 Å². The van der Waals surface area contributed by atoms with Gasteiger partial charge in [-0.1, -0.05) is 36.4 Å². The van der Waals surface area contributed by atoms with Crippen LogP contribution in [0.3, 0.4) is 0 Å². The highest BCUT2D eigenvalue weighted by Crippen LogP contribution is 2.38. The first kappa shape index (κ1) is 20.3. The minimum atomic E-state index is -0.251. The third kappa shape index (κ3) is 4.71. The van der Waals surface area contributed by atoms with Gasteiger partial charge in [0.1, 0.15) is 0 Å². The summed E-state index contributed by atoms with van der Waals surface area (Å²) in [5.74, 6) is 1.62. The minimum absolute atomic E-state index is 0.125. The molecule has 3 aromatic carbocycles. The van der Waals surface area contributed by atoms with Crippen molar-refractivity contribution < 1.29 is 19.0 Å². The zero-order chi connectivity index (χ0) is 20.8. The van der Waals surface area contributed by atoms with Crippen molar-refractivity contribution in [3.8, 4) is 17.2 Å². The van der Waals surface area contributed by atoms with Gasteiger partial charge in [-0.15, -0.1) is 0 Å². The normalized spacial score (nSPS) is 11.6. The molecule has 0 radical (unpaired) electrons. The van der Waals surface area contributed by atoms with E-state index in [9.17, 15) is 4.79 Å². The van der Waals surface area contributed by atoms with Crippen LogP contribution in [0.4, 0.5) is 4.79 Å². The lowest BCUT2D eigenvalue weighted by Gasteiger charge is -2.17. The first-order valence-electron chi connectivity index (χ1n) is 9.37. The molecule has 1 atom stereocenters. The number of rotatable bonds is 7. The van der Waals surface area contributed by atoms with Crippen molar-refractivity contribution in [2.75, 3.05) is 21.3 Å². The standard InChI is InChI=1S/C23H26N2O4/c1-15(18-10-9-17-7-5-6-8-19(17)13-18)25-23(26)24-14-16-11-20(27-2)22(29-4)21(12-16)28-3/h5-13,15H,14H2,1-4H3,(H2,24,25,26)/t15-/m0/s1. The number of hydrogen-bond donors (Lipinski definition) is 2. The fourth-order valence-electron chi connectivity index (χ4n) is 3.23. The number of ether oxygens (including phenoxy) is 3. The van der Waals surface area contributed by atoms with Gasteiger partial charge in [0.2, 0.25) is 5.75 Å². The highest BCUT2D eigenvalue weighted by Gasteiger charge is 2.14. The van der Waals surface area contributed by atoms with Crippen molar-refractivity contribution >= 4 is 16.8 Å². The van der Waals surface area contributed by atoms with Crippen LogP contribution in [0.5, 0.6) is 17.2 Å². The summed E-state index contributed by atoms with van der Waals surface area (Å²) in [4.78, 5) is 12.4. The molecule has 0 unspecified atom stereocenters. The first-order chi connectivity index (χ1) is 14.0. The molecule has 0 saturated carbocycles. The third-order valence-electron chi connectivity index (χ3n) is 4.80. The number of amides is 2. The molecule has 0 aliphatic rings. The van der Waals surface area contributed by atoms with Crippen LogP contribution in [-0.4, -0.2) is 27.4 Å². The van der Waals surface area contributed by atoms with Gasteiger partial charge in [-0.05, 0) is 47.0 Å². The predicted octanol–water partition coefficient (Wildman–Crippen LogP) is 4.43. The van der Waals surface area contributed by atoms with E-state index >= 15 is 0 Å². The summed E-state index contributed by atoms with van der Waals surface area (Å²) in [6.45, 7) is 2.29. The van der Waals surface area contributed by atoms with Crippen LogP contribution in [-0.2, 0) is 6.54 Å². The molecule has 3 rings (SSSR count). The third-order valence-corrected chi connectivity index (χ3v) is 4.80. The Bertz CT molecular complexity index is 978. The number of carbonyl (C=O) groups is 1. The Balaban J connectivity index is 1.64. The lowest BCUT2D eigenvalue weighted by atomic mass is 10.0. The summed E-state index contributed by atoms with van der Waals surface area (Å²) in [6.07, 6.45) is 0. The maximum Gasteiger partial charge on any atom is 0.315 e. The smallest absolute Gasteiger partial charge is 0.315 e. The molecule has 0 aromatic heterocycles. The van der Waals surface area contributed by atoms with Gasteiger partial charge in [0.05, 0.1) is 27.4 Å². The minimum Gasteiger partial charge on any atom is -0.493 e. The Hall–Kier alpha value is -3.41. The molecular weight excluding hydrogens is 368 g/mol. The molecule has 29 heavy (non-hydrogen) atoms. The van der Waals surface area contributed by atoms with E-state index < -0.39 is 0 Å². The van der Waals surface area contributed by atoms with E-state index in [1.807, 2.05) is 37.3 Å². The van der Waals surface area contributed by atoms with Crippen LogP contribution in [0.1, 0.15) is 24.1 Å². The molecule has 2 N–H and O–H groups in total. The average molecular weight is 394 g/mol. The number of hydrogen-bond acceptors (Lipinski definition) is 4. The second-order valence-electron chi connectivity index (χ2n) is 6.69. The highest BCUT2D eigenvalue weighted by molar-refractivity contribution is 5.83. The van der Waals surface area contributed by atoms with Gasteiger partial charge < -0.3 is 24.8 Å². The monoisotopic (exact) mass is 394 g/mol. The lowest BCUT2D eigenvalue weighted by Crippen LogP contribution is -2.36. The topological polar surface area (TPSA) is 68.8 Å². The molecule has 152 valence electrons. The Morgan fingerprint density at radius 3 is 2.17 bits per heavy atom. The zero-order valence-corrected chi connectivity index (χ0v) is 17.1. The summed E-state index contributed by atoms with van der Waals surface area (Å²) >= 11 is 0. The molecule has 0 spiro atoms. The molecule has 6 heteroatoms. The van der Waals surface area contributed by atoms with Crippen LogP contribution < -0.4 is 24.8 Å². The van der Waals surface area contributed by atoms with Crippen LogP contribution in [0, 0.1) is 0 Å². The predicted molar refractivity (Wildman–Crippen MR) is 114 cm³/mol. The van der Waals surface area contributed by atoms with Gasteiger partial charge in [0, 0.05) is 6.54 Å². The molecule has 0 aliphatic carbocycles. The fourth-order valence-corrected chi connectivity index (χ4v) is 3.23. The zero-order valence-electron chi connectivity index (χ0n) is 17.1. The van der Waals surface area contributed by atoms with Crippen molar-refractivity contribution in [2.24, 2.45) is 0 Å². The van der Waals surface area contributed by atoms with E-state index in [0.717, 1.165) is 16.5 Å². The summed E-state index contributed by atoms with van der Waals surface area (Å²) in [5, 5.41) is 8.17. The maximum absolute atomic E-state index is 12.4. The molecule has 0 heterocycles. The number of nitrogens with one attached hydrogen (secondary N) is 2. The number of fused-ring (bicyclic) bond motifs is 1. The van der Waals surface area contributed by atoms with Crippen LogP contribution >= 0.6 is 0 Å². The molecule has 0 aliphatic heterocycles. The van der Waals surface area contributed by atoms with Gasteiger partial charge >= 0.3 is 6.03 Å². The van der Waals surface area contributed by atoms with E-state index in [0.29, 0.717) is 23.8 Å². The highest BCUT2D eigenvalue weighted by atomic mass is 16.5. The quantitative estimate of drug-likeness (QED) is 0.622. The van der Waals surface area contributed by atoms with Crippen molar-refractivity contribution in [2.45, 2.75) is 19.5 Å². The summed E-state index contributed by atoms with van der Waals surface area (Å²) in [7, 11) is 4.68. The Kier molecular flexibility index (Phi) is 6.44. The maximum atomic E-state index is 12.4. The van der Waals surface area contributed by atoms with E-state index in [1.165, 1.54) is 5.39 Å². The molecule has 0 saturated heterocycles. The van der Waals surface area contributed by atoms with Crippen molar-refractivity contribution in [3.63, 3.8) is 0 Å². The van der Waals surface area contributed by atoms with E-state index in [-0.39, 0.29) is 12.1 Å². The van der Waals surface area contributed by atoms with Crippen molar-refractivity contribution in [1.82, 2.24) is 10.6 Å². The number of urea groups is 1. The SMILES string of the molecule is COc1cc(CNC(=O)N[C@@H](C)c2ccc3ccccc3c2)cc(OC)c1OC. The van der Waals surface area contributed by atoms with Gasteiger partial charge in [0.15, 0.2) is 11.5 Å². The molecule has 3 aromatic rings. The summed E-state index contributed by atoms with van der Waals surface area (Å²) in [6, 6.07) is 17.6. The fraction of sp³-hybridized carbons (Fsp3) is 0.261. The van der Waals surface area contributed by atoms with Crippen molar-refractivity contribution in [1.29, 1.82) is 0 Å². The van der Waals surface area contributed by atoms with Gasteiger partial charge in [-0.2, -0.15) is 0 Å². The Morgan fingerprint density at radius 2 is 1.55 bits per heavy atom.